The van der Waals surface area contributed by atoms with Crippen LogP contribution < -0.4 is 0 Å². The molecular formula is C57H96O6. The number of unbranched alkanes of at least 4 members (excludes halogenated alkanes) is 22. The first kappa shape index (κ1) is 59.6. The topological polar surface area (TPSA) is 78.9 Å². The van der Waals surface area contributed by atoms with E-state index in [1.165, 1.54) is 103 Å². The molecule has 0 aliphatic carbocycles. The highest BCUT2D eigenvalue weighted by atomic mass is 16.6. The normalized spacial score (nSPS) is 12.7. The number of allylic oxidation sites excluding steroid dienone is 14. The molecule has 1 unspecified atom stereocenters. The van der Waals surface area contributed by atoms with Crippen molar-refractivity contribution in [1.29, 1.82) is 0 Å². The quantitative estimate of drug-likeness (QED) is 0.0199. The Hall–Kier alpha value is -3.41. The Labute approximate surface area is 388 Å². The first-order chi connectivity index (χ1) is 31.0. The molecule has 0 N–H and O–H groups in total. The summed E-state index contributed by atoms with van der Waals surface area (Å²) in [6, 6.07) is 0. The van der Waals surface area contributed by atoms with Gasteiger partial charge >= 0.3 is 17.9 Å². The second-order valence-corrected chi connectivity index (χ2v) is 17.1. The van der Waals surface area contributed by atoms with Gasteiger partial charge in [0.25, 0.3) is 0 Å². The summed E-state index contributed by atoms with van der Waals surface area (Å²) in [5.41, 5.74) is 0. The van der Waals surface area contributed by atoms with Gasteiger partial charge in [0.15, 0.2) is 6.10 Å². The Morgan fingerprint density at radius 2 is 0.683 bits per heavy atom. The second-order valence-electron chi connectivity index (χ2n) is 17.1. The van der Waals surface area contributed by atoms with Crippen LogP contribution >= 0.6 is 0 Å². The van der Waals surface area contributed by atoms with Crippen LogP contribution in [0, 0.1) is 0 Å². The van der Waals surface area contributed by atoms with Crippen LogP contribution in [0.15, 0.2) is 85.1 Å². The maximum absolute atomic E-state index is 12.8. The molecule has 0 amide bonds. The second kappa shape index (κ2) is 51.2. The Kier molecular flexibility index (Phi) is 48.5. The number of carbonyl (C=O) groups is 3. The largest absolute Gasteiger partial charge is 0.462 e. The number of rotatable bonds is 46. The molecule has 6 heteroatoms. The minimum absolute atomic E-state index is 0.0978. The lowest BCUT2D eigenvalue weighted by atomic mass is 10.0. The van der Waals surface area contributed by atoms with Crippen LogP contribution in [0.2, 0.25) is 0 Å². The van der Waals surface area contributed by atoms with E-state index in [0.29, 0.717) is 19.3 Å². The van der Waals surface area contributed by atoms with Crippen molar-refractivity contribution >= 4 is 17.9 Å². The highest BCUT2D eigenvalue weighted by Gasteiger charge is 2.19. The summed E-state index contributed by atoms with van der Waals surface area (Å²) < 4.78 is 16.7. The van der Waals surface area contributed by atoms with Crippen molar-refractivity contribution in [3.63, 3.8) is 0 Å². The molecule has 0 rings (SSSR count). The Balaban J connectivity index is 4.49. The zero-order valence-electron chi connectivity index (χ0n) is 41.1. The van der Waals surface area contributed by atoms with Gasteiger partial charge in [-0.05, 0) is 83.5 Å². The molecule has 0 saturated heterocycles. The smallest absolute Gasteiger partial charge is 0.306 e. The SMILES string of the molecule is CC/C=C\C/C=C\C/C=C\C/C=C\C/C=C\CCCC(=O)OCC(COC(=O)CCCCCCCCCCCCCCC)OC(=O)CCCCCCCC/C=C\C=C/CCCCC. The van der Waals surface area contributed by atoms with E-state index in [1.54, 1.807) is 0 Å². The van der Waals surface area contributed by atoms with Crippen molar-refractivity contribution in [2.45, 2.75) is 245 Å². The summed E-state index contributed by atoms with van der Waals surface area (Å²) in [6.45, 7) is 6.43. The van der Waals surface area contributed by atoms with Gasteiger partial charge in [0.1, 0.15) is 13.2 Å². The predicted octanol–water partition coefficient (Wildman–Crippen LogP) is 17.2. The van der Waals surface area contributed by atoms with Crippen molar-refractivity contribution in [2.24, 2.45) is 0 Å². The van der Waals surface area contributed by atoms with Crippen molar-refractivity contribution in [2.75, 3.05) is 13.2 Å². The van der Waals surface area contributed by atoms with Crippen LogP contribution in [-0.2, 0) is 28.6 Å². The average molecular weight is 877 g/mol. The molecule has 0 heterocycles. The van der Waals surface area contributed by atoms with E-state index in [0.717, 1.165) is 89.9 Å². The van der Waals surface area contributed by atoms with Gasteiger partial charge in [0.2, 0.25) is 0 Å². The van der Waals surface area contributed by atoms with E-state index < -0.39 is 6.10 Å². The fourth-order valence-electron chi connectivity index (χ4n) is 7.00. The van der Waals surface area contributed by atoms with Gasteiger partial charge in [-0.25, -0.2) is 0 Å². The lowest BCUT2D eigenvalue weighted by Crippen LogP contribution is -2.30. The monoisotopic (exact) mass is 877 g/mol. The minimum Gasteiger partial charge on any atom is -0.462 e. The molecule has 0 radical (unpaired) electrons. The molecule has 63 heavy (non-hydrogen) atoms. The zero-order chi connectivity index (χ0) is 45.8. The minimum atomic E-state index is -0.803. The molecule has 0 fully saturated rings. The molecule has 0 spiro atoms. The number of carbonyl (C=O) groups excluding carboxylic acids is 3. The van der Waals surface area contributed by atoms with E-state index in [9.17, 15) is 14.4 Å². The van der Waals surface area contributed by atoms with Gasteiger partial charge in [0, 0.05) is 19.3 Å². The van der Waals surface area contributed by atoms with Crippen molar-refractivity contribution in [1.82, 2.24) is 0 Å². The summed E-state index contributed by atoms with van der Waals surface area (Å²) in [5, 5.41) is 0. The van der Waals surface area contributed by atoms with Gasteiger partial charge in [-0.2, -0.15) is 0 Å². The molecule has 0 aliphatic rings. The van der Waals surface area contributed by atoms with Crippen molar-refractivity contribution < 1.29 is 28.6 Å². The standard InChI is InChI=1S/C57H96O6/c1-4-7-10-13-16-19-22-25-27-28-30-32-35-38-41-44-47-50-56(59)62-53-54(52-61-55(58)49-46-43-40-37-34-31-24-21-18-15-12-9-6-3)63-57(60)51-48-45-42-39-36-33-29-26-23-20-17-14-11-8-5-2/h7,10,16-17,19-20,23,25-27,30,32,38,41,54H,4-6,8-9,11-15,18,21-22,24,28-29,31,33-37,39-40,42-53H2,1-3H3/b10-7-,19-16-,20-17-,26-23-,27-25-,32-30-,41-38-. The maximum atomic E-state index is 12.8. The van der Waals surface area contributed by atoms with Gasteiger partial charge in [-0.15, -0.1) is 0 Å². The third-order valence-corrected chi connectivity index (χ3v) is 10.9. The third-order valence-electron chi connectivity index (χ3n) is 10.9. The van der Waals surface area contributed by atoms with E-state index in [1.807, 2.05) is 0 Å². The molecule has 1 atom stereocenters. The number of ether oxygens (including phenoxy) is 3. The zero-order valence-corrected chi connectivity index (χ0v) is 41.1. The fourth-order valence-corrected chi connectivity index (χ4v) is 7.00. The van der Waals surface area contributed by atoms with Gasteiger partial charge < -0.3 is 14.2 Å². The molecule has 0 aromatic carbocycles. The summed E-state index contributed by atoms with van der Waals surface area (Å²) >= 11 is 0. The van der Waals surface area contributed by atoms with E-state index in [-0.39, 0.29) is 37.5 Å². The van der Waals surface area contributed by atoms with Crippen molar-refractivity contribution in [3.8, 4) is 0 Å². The molecule has 360 valence electrons. The fraction of sp³-hybridized carbons (Fsp3) is 0.702. The Morgan fingerprint density at radius 3 is 1.14 bits per heavy atom. The predicted molar refractivity (Wildman–Crippen MR) is 270 cm³/mol. The number of esters is 3. The third kappa shape index (κ3) is 49.5. The first-order valence-corrected chi connectivity index (χ1v) is 26.1. The lowest BCUT2D eigenvalue weighted by molar-refractivity contribution is -0.167. The molecule has 0 bridgehead atoms. The molecule has 0 saturated carbocycles. The van der Waals surface area contributed by atoms with Crippen LogP contribution in [0.1, 0.15) is 239 Å². The van der Waals surface area contributed by atoms with E-state index >= 15 is 0 Å². The first-order valence-electron chi connectivity index (χ1n) is 26.1. The van der Waals surface area contributed by atoms with Crippen LogP contribution in [0.4, 0.5) is 0 Å². The van der Waals surface area contributed by atoms with Crippen molar-refractivity contribution in [3.05, 3.63) is 85.1 Å². The highest BCUT2D eigenvalue weighted by Crippen LogP contribution is 2.14. The summed E-state index contributed by atoms with van der Waals surface area (Å²) in [7, 11) is 0. The number of hydrogen-bond donors (Lipinski definition) is 0. The van der Waals surface area contributed by atoms with Gasteiger partial charge in [0.05, 0.1) is 0 Å². The van der Waals surface area contributed by atoms with Crippen LogP contribution in [0.3, 0.4) is 0 Å². The molecular weight excluding hydrogens is 781 g/mol. The molecule has 0 aliphatic heterocycles. The summed E-state index contributed by atoms with van der Waals surface area (Å²) in [4.78, 5) is 38.0. The van der Waals surface area contributed by atoms with Crippen LogP contribution in [-0.4, -0.2) is 37.2 Å². The maximum Gasteiger partial charge on any atom is 0.306 e. The van der Waals surface area contributed by atoms with E-state index in [4.69, 9.17) is 14.2 Å². The average Bonchev–Trinajstić information content (AvgIpc) is 3.28. The highest BCUT2D eigenvalue weighted by molar-refractivity contribution is 5.71. The molecule has 0 aromatic rings. The van der Waals surface area contributed by atoms with E-state index in [2.05, 4.69) is 106 Å². The summed E-state index contributed by atoms with van der Waals surface area (Å²) in [5.74, 6) is -0.970. The Bertz CT molecular complexity index is 1240. The molecule has 0 aromatic heterocycles. The lowest BCUT2D eigenvalue weighted by Gasteiger charge is -2.18. The van der Waals surface area contributed by atoms with Crippen LogP contribution in [0.25, 0.3) is 0 Å². The Morgan fingerprint density at radius 1 is 0.349 bits per heavy atom. The van der Waals surface area contributed by atoms with Crippen LogP contribution in [0.5, 0.6) is 0 Å². The summed E-state index contributed by atoms with van der Waals surface area (Å²) in [6.07, 6.45) is 65.7. The van der Waals surface area contributed by atoms with Gasteiger partial charge in [-0.1, -0.05) is 221 Å². The number of hydrogen-bond acceptors (Lipinski definition) is 6. The van der Waals surface area contributed by atoms with Gasteiger partial charge in [-0.3, -0.25) is 14.4 Å². The molecule has 6 nitrogen and oxygen atoms in total.